The molecule has 1 aromatic carbocycles. The first-order valence-corrected chi connectivity index (χ1v) is 12.9. The van der Waals surface area contributed by atoms with Gasteiger partial charge in [0.05, 0.1) is 16.8 Å². The third-order valence-corrected chi connectivity index (χ3v) is 6.92. The zero-order valence-electron chi connectivity index (χ0n) is 21.1. The average molecular weight is 548 g/mol. The molecule has 0 bridgehead atoms. The molecule has 4 rings (SSSR count). The van der Waals surface area contributed by atoms with Gasteiger partial charge in [0, 0.05) is 47.9 Å². The molecule has 202 valence electrons. The van der Waals surface area contributed by atoms with Crippen molar-refractivity contribution < 1.29 is 27.5 Å². The summed E-state index contributed by atoms with van der Waals surface area (Å²) in [5.41, 5.74) is 0.679. The quantitative estimate of drug-likeness (QED) is 0.445. The first-order chi connectivity index (χ1) is 17.8. The number of halogens is 3. The number of benzene rings is 1. The summed E-state index contributed by atoms with van der Waals surface area (Å²) >= 11 is 1.22. The van der Waals surface area contributed by atoms with Gasteiger partial charge in [-0.25, -0.2) is 9.78 Å². The zero-order chi connectivity index (χ0) is 27.7. The lowest BCUT2D eigenvalue weighted by Gasteiger charge is -2.35. The number of piperidine rings is 1. The van der Waals surface area contributed by atoms with Crippen LogP contribution in [0.5, 0.6) is 0 Å². The Bertz CT molecular complexity index is 1280. The van der Waals surface area contributed by atoms with Crippen molar-refractivity contribution in [2.45, 2.75) is 45.4 Å². The number of allylic oxidation sites excluding steroid dienone is 2. The molecule has 8 nitrogen and oxygen atoms in total. The normalized spacial score (nSPS) is 18.3. The number of thiazole rings is 1. The predicted octanol–water partition coefficient (Wildman–Crippen LogP) is 5.40. The van der Waals surface area contributed by atoms with Crippen LogP contribution in [0.15, 0.2) is 47.2 Å². The number of likely N-dealkylation sites (tertiary alicyclic amines) is 1. The highest BCUT2D eigenvalue weighted by Gasteiger charge is 2.31. The summed E-state index contributed by atoms with van der Waals surface area (Å²) in [6, 6.07) is 4.70. The number of hydrogen-bond acceptors (Lipinski definition) is 7. The molecule has 0 aliphatic carbocycles. The summed E-state index contributed by atoms with van der Waals surface area (Å²) in [4.78, 5) is 31.0. The average Bonchev–Trinajstić information content (AvgIpc) is 3.33. The third-order valence-electron chi connectivity index (χ3n) is 6.05. The number of amides is 2. The lowest BCUT2D eigenvalue weighted by molar-refractivity contribution is -0.137. The molecule has 12 heteroatoms. The van der Waals surface area contributed by atoms with Crippen LogP contribution in [0.1, 0.15) is 44.2 Å². The van der Waals surface area contributed by atoms with E-state index in [0.717, 1.165) is 18.3 Å². The number of carbonyl (C=O) groups excluding carboxylic acids is 2. The highest BCUT2D eigenvalue weighted by Crippen LogP contribution is 2.33. The lowest BCUT2D eigenvalue weighted by atomic mass is 9.92. The SMILES string of the molecule is CC(C)(C)OC(=O)N1CCC(C2=CC(=O)N/C(=C(/C=N)c3nc(-c4ccc(C(F)(F)F)cc4)cs3)N2)CC1. The number of hydrogen-bond donors (Lipinski definition) is 3. The van der Waals surface area contributed by atoms with E-state index in [1.807, 2.05) is 20.8 Å². The van der Waals surface area contributed by atoms with Crippen LogP contribution in [0.25, 0.3) is 16.8 Å². The van der Waals surface area contributed by atoms with Gasteiger partial charge in [-0.2, -0.15) is 13.2 Å². The second-order valence-corrected chi connectivity index (χ2v) is 10.9. The standard InChI is InChI=1S/C26H28F3N5O3S/c1-25(2,3)37-24(36)34-10-8-16(9-11-34)19-12-21(35)33-22(31-19)18(13-30)23-32-20(14-38-23)15-4-6-17(7-5-15)26(27,28)29/h4-7,12-14,16,30-31H,8-11H2,1-3H3,(H,33,35)/b22-18-,30-13?. The summed E-state index contributed by atoms with van der Waals surface area (Å²) in [6.07, 6.45) is -0.966. The third kappa shape index (κ3) is 6.42. The molecule has 3 N–H and O–H groups in total. The topological polar surface area (TPSA) is 107 Å². The largest absolute Gasteiger partial charge is 0.444 e. The molecule has 3 heterocycles. The Kier molecular flexibility index (Phi) is 7.63. The van der Waals surface area contributed by atoms with Gasteiger partial charge in [0.1, 0.15) is 16.4 Å². The number of ether oxygens (including phenoxy) is 1. The van der Waals surface area contributed by atoms with E-state index < -0.39 is 17.3 Å². The minimum atomic E-state index is -4.42. The van der Waals surface area contributed by atoms with Crippen LogP contribution in [0.4, 0.5) is 18.0 Å². The van der Waals surface area contributed by atoms with Gasteiger partial charge >= 0.3 is 12.3 Å². The second kappa shape index (κ2) is 10.6. The Labute approximate surface area is 222 Å². The van der Waals surface area contributed by atoms with Crippen LogP contribution in [-0.4, -0.2) is 46.8 Å². The molecule has 1 saturated heterocycles. The molecular formula is C26H28F3N5O3S. The fourth-order valence-electron chi connectivity index (χ4n) is 4.17. The number of rotatable bonds is 4. The van der Waals surface area contributed by atoms with E-state index in [1.165, 1.54) is 29.5 Å². The van der Waals surface area contributed by atoms with E-state index >= 15 is 0 Å². The number of nitrogens with one attached hydrogen (secondary N) is 3. The van der Waals surface area contributed by atoms with Gasteiger partial charge < -0.3 is 25.7 Å². The fourth-order valence-corrected chi connectivity index (χ4v) is 5.02. The van der Waals surface area contributed by atoms with Crippen LogP contribution in [-0.2, 0) is 15.7 Å². The first-order valence-electron chi connectivity index (χ1n) is 12.0. The highest BCUT2D eigenvalue weighted by molar-refractivity contribution is 7.11. The summed E-state index contributed by atoms with van der Waals surface area (Å²) < 4.78 is 44.1. The Morgan fingerprint density at radius 1 is 1.16 bits per heavy atom. The lowest BCUT2D eigenvalue weighted by Crippen LogP contribution is -2.44. The van der Waals surface area contributed by atoms with Crippen molar-refractivity contribution in [3.63, 3.8) is 0 Å². The van der Waals surface area contributed by atoms with Crippen molar-refractivity contribution in [3.8, 4) is 11.3 Å². The van der Waals surface area contributed by atoms with Gasteiger partial charge in [0.25, 0.3) is 5.91 Å². The molecule has 2 amide bonds. The minimum Gasteiger partial charge on any atom is -0.444 e. The molecule has 1 aromatic heterocycles. The van der Waals surface area contributed by atoms with Gasteiger partial charge in [0.15, 0.2) is 0 Å². The molecule has 38 heavy (non-hydrogen) atoms. The van der Waals surface area contributed by atoms with Crippen LogP contribution in [0.3, 0.4) is 0 Å². The second-order valence-electron chi connectivity index (χ2n) is 10.0. The van der Waals surface area contributed by atoms with E-state index in [4.69, 9.17) is 10.1 Å². The van der Waals surface area contributed by atoms with Crippen molar-refractivity contribution in [1.82, 2.24) is 20.5 Å². The van der Waals surface area contributed by atoms with Gasteiger partial charge in [-0.1, -0.05) is 12.1 Å². The van der Waals surface area contributed by atoms with Crippen molar-refractivity contribution in [2.24, 2.45) is 5.92 Å². The molecule has 0 spiro atoms. The predicted molar refractivity (Wildman–Crippen MR) is 138 cm³/mol. The van der Waals surface area contributed by atoms with Gasteiger partial charge in [0.2, 0.25) is 0 Å². The fraction of sp³-hybridized carbons (Fsp3) is 0.385. The molecular weight excluding hydrogens is 519 g/mol. The van der Waals surface area contributed by atoms with Crippen LogP contribution in [0.2, 0.25) is 0 Å². The van der Waals surface area contributed by atoms with Crippen molar-refractivity contribution in [3.05, 3.63) is 57.8 Å². The van der Waals surface area contributed by atoms with E-state index in [9.17, 15) is 22.8 Å². The smallest absolute Gasteiger partial charge is 0.416 e. The summed E-state index contributed by atoms with van der Waals surface area (Å²) in [5.74, 6) is -0.0340. The zero-order valence-corrected chi connectivity index (χ0v) is 21.9. The Hall–Kier alpha value is -3.67. The van der Waals surface area contributed by atoms with Gasteiger partial charge in [-0.15, -0.1) is 11.3 Å². The highest BCUT2D eigenvalue weighted by atomic mass is 32.1. The molecule has 1 fully saturated rings. The van der Waals surface area contributed by atoms with E-state index in [0.29, 0.717) is 59.3 Å². The van der Waals surface area contributed by atoms with E-state index in [1.54, 1.807) is 10.3 Å². The molecule has 2 aliphatic heterocycles. The van der Waals surface area contributed by atoms with Gasteiger partial charge in [-0.05, 0) is 45.7 Å². The molecule has 0 saturated carbocycles. The van der Waals surface area contributed by atoms with Crippen LogP contribution in [0, 0.1) is 11.3 Å². The number of nitrogens with zero attached hydrogens (tertiary/aromatic N) is 2. The maximum absolute atomic E-state index is 12.9. The van der Waals surface area contributed by atoms with Crippen molar-refractivity contribution in [2.75, 3.05) is 13.1 Å². The van der Waals surface area contributed by atoms with Crippen molar-refractivity contribution in [1.29, 1.82) is 5.41 Å². The van der Waals surface area contributed by atoms with Gasteiger partial charge in [-0.3, -0.25) is 4.79 Å². The van der Waals surface area contributed by atoms with E-state index in [-0.39, 0.29) is 17.9 Å². The molecule has 0 radical (unpaired) electrons. The number of alkyl halides is 3. The van der Waals surface area contributed by atoms with Crippen LogP contribution >= 0.6 is 11.3 Å². The molecule has 0 unspecified atom stereocenters. The van der Waals surface area contributed by atoms with Crippen LogP contribution < -0.4 is 10.6 Å². The summed E-state index contributed by atoms with van der Waals surface area (Å²) in [7, 11) is 0. The summed E-state index contributed by atoms with van der Waals surface area (Å²) in [6.45, 7) is 6.42. The maximum Gasteiger partial charge on any atom is 0.416 e. The number of carbonyl (C=O) groups is 2. The maximum atomic E-state index is 12.9. The molecule has 2 aromatic rings. The molecule has 0 atom stereocenters. The Morgan fingerprint density at radius 2 is 1.82 bits per heavy atom. The van der Waals surface area contributed by atoms with E-state index in [2.05, 4.69) is 15.6 Å². The number of aromatic nitrogens is 1. The minimum absolute atomic E-state index is 0.000670. The molecule has 2 aliphatic rings. The summed E-state index contributed by atoms with van der Waals surface area (Å²) in [5, 5.41) is 16.0. The monoisotopic (exact) mass is 547 g/mol. The van der Waals surface area contributed by atoms with Crippen molar-refractivity contribution >= 4 is 35.1 Å². The Morgan fingerprint density at radius 3 is 2.39 bits per heavy atom. The first kappa shape index (κ1) is 27.4. The Balaban J connectivity index is 1.48.